The number of likely N-dealkylation sites (tertiary alicyclic amines) is 1. The van der Waals surface area contributed by atoms with Gasteiger partial charge in [0.2, 0.25) is 15.0 Å². The molecule has 1 aliphatic rings. The Morgan fingerprint density at radius 2 is 2.04 bits per heavy atom. The molecule has 1 aromatic rings. The number of aromatic nitrogens is 2. The Labute approximate surface area is 170 Å². The molecule has 162 valence electrons. The minimum absolute atomic E-state index is 0.0695. The van der Waals surface area contributed by atoms with Crippen LogP contribution in [0.5, 0.6) is 0 Å². The van der Waals surface area contributed by atoms with Gasteiger partial charge in [0, 0.05) is 33.4 Å². The molecule has 0 amide bonds. The quantitative estimate of drug-likeness (QED) is 0.585. The molecule has 1 aromatic heterocycles. The average molecular weight is 416 g/mol. The fourth-order valence-electron chi connectivity index (χ4n) is 3.63. The van der Waals surface area contributed by atoms with E-state index in [1.807, 2.05) is 25.3 Å². The van der Waals surface area contributed by atoms with Crippen LogP contribution in [0.25, 0.3) is 0 Å². The number of ether oxygens (including phenoxy) is 2. The van der Waals surface area contributed by atoms with E-state index in [0.29, 0.717) is 19.7 Å². The number of hydrogen-bond donors (Lipinski definition) is 0. The molecule has 1 atom stereocenters. The molecule has 28 heavy (non-hydrogen) atoms. The smallest absolute Gasteiger partial charge is 0.227 e. The second-order valence-electron chi connectivity index (χ2n) is 8.87. The largest absolute Gasteiger partial charge is 0.383 e. The van der Waals surface area contributed by atoms with Gasteiger partial charge in [-0.15, -0.1) is 0 Å². The molecule has 0 bridgehead atoms. The van der Waals surface area contributed by atoms with E-state index in [9.17, 15) is 8.42 Å². The molecule has 1 unspecified atom stereocenters. The van der Waals surface area contributed by atoms with E-state index in [1.165, 1.54) is 0 Å². The Morgan fingerprint density at radius 3 is 2.68 bits per heavy atom. The van der Waals surface area contributed by atoms with Gasteiger partial charge in [0.1, 0.15) is 0 Å². The topological polar surface area (TPSA) is 73.7 Å². The van der Waals surface area contributed by atoms with Crippen LogP contribution in [-0.2, 0) is 32.4 Å². The van der Waals surface area contributed by atoms with E-state index in [4.69, 9.17) is 9.47 Å². The van der Waals surface area contributed by atoms with Crippen LogP contribution in [0.15, 0.2) is 11.4 Å². The zero-order valence-corrected chi connectivity index (χ0v) is 18.9. The van der Waals surface area contributed by atoms with Crippen molar-refractivity contribution in [3.63, 3.8) is 0 Å². The van der Waals surface area contributed by atoms with Gasteiger partial charge in [0.15, 0.2) is 0 Å². The molecule has 0 spiro atoms. The van der Waals surface area contributed by atoms with Gasteiger partial charge < -0.3 is 14.0 Å². The van der Waals surface area contributed by atoms with Crippen LogP contribution in [0.4, 0.5) is 0 Å². The maximum Gasteiger partial charge on any atom is 0.227 e. The molecule has 7 nitrogen and oxygen atoms in total. The number of methoxy groups -OCH3 is 1. The molecule has 0 radical (unpaired) electrons. The first-order valence-corrected chi connectivity index (χ1v) is 11.9. The third-order valence-electron chi connectivity index (χ3n) is 4.73. The fourth-order valence-corrected chi connectivity index (χ4v) is 5.66. The number of sulfone groups is 1. The van der Waals surface area contributed by atoms with E-state index in [1.54, 1.807) is 13.3 Å². The summed E-state index contributed by atoms with van der Waals surface area (Å²) in [5, 5.41) is 0.158. The summed E-state index contributed by atoms with van der Waals surface area (Å²) in [6.07, 6.45) is 5.17. The van der Waals surface area contributed by atoms with Gasteiger partial charge >= 0.3 is 0 Å². The summed E-state index contributed by atoms with van der Waals surface area (Å²) in [5.74, 6) is 0.0695. The molecule has 0 aliphatic carbocycles. The average Bonchev–Trinajstić information content (AvgIpc) is 3.00. The fraction of sp³-hybridized carbons (Fsp3) is 0.850. The van der Waals surface area contributed by atoms with E-state index in [0.717, 1.165) is 44.7 Å². The summed E-state index contributed by atoms with van der Waals surface area (Å²) in [5.41, 5.74) is 0.592. The highest BCUT2D eigenvalue weighted by atomic mass is 32.2. The van der Waals surface area contributed by atoms with Crippen LogP contribution in [0.1, 0.15) is 52.7 Å². The molecule has 1 aliphatic heterocycles. The first-order valence-electron chi connectivity index (χ1n) is 10.3. The van der Waals surface area contributed by atoms with E-state index in [2.05, 4.69) is 16.8 Å². The van der Waals surface area contributed by atoms with E-state index < -0.39 is 9.84 Å². The number of imidazole rings is 1. The van der Waals surface area contributed by atoms with Crippen LogP contribution >= 0.6 is 0 Å². The van der Waals surface area contributed by atoms with Crippen LogP contribution in [0, 0.1) is 5.41 Å². The normalized spacial score (nSPS) is 19.2. The van der Waals surface area contributed by atoms with E-state index in [-0.39, 0.29) is 22.4 Å². The molecule has 2 heterocycles. The monoisotopic (exact) mass is 415 g/mol. The second-order valence-corrected chi connectivity index (χ2v) is 10.7. The van der Waals surface area contributed by atoms with Crippen molar-refractivity contribution in [2.45, 2.75) is 71.3 Å². The van der Waals surface area contributed by atoms with Crippen LogP contribution in [0.3, 0.4) is 0 Å². The van der Waals surface area contributed by atoms with Gasteiger partial charge in [-0.3, -0.25) is 4.90 Å². The molecule has 8 heteroatoms. The lowest BCUT2D eigenvalue weighted by atomic mass is 10.0. The summed E-state index contributed by atoms with van der Waals surface area (Å²) < 4.78 is 38.9. The maximum absolute atomic E-state index is 12.9. The SMILES string of the molecule is CCCOC1CCCN(Cc2cnc(S(=O)(=O)CC(C)(C)C)n2CCOC)C1. The molecule has 2 rings (SSSR count). The number of nitrogens with zero attached hydrogens (tertiary/aromatic N) is 3. The number of hydrogen-bond acceptors (Lipinski definition) is 6. The third-order valence-corrected chi connectivity index (χ3v) is 6.86. The zero-order valence-electron chi connectivity index (χ0n) is 18.1. The Hall–Kier alpha value is -0.960. The van der Waals surface area contributed by atoms with Crippen molar-refractivity contribution in [3.8, 4) is 0 Å². The predicted molar refractivity (Wildman–Crippen MR) is 110 cm³/mol. The standard InChI is InChI=1S/C20H37N3O4S/c1-6-11-27-18-8-7-9-22(15-18)14-17-13-21-19(23(17)10-12-26-5)28(24,25)16-20(2,3)4/h13,18H,6-12,14-16H2,1-5H3. The summed E-state index contributed by atoms with van der Waals surface area (Å²) in [6.45, 7) is 12.2. The first kappa shape index (κ1) is 23.3. The van der Waals surface area contributed by atoms with Crippen molar-refractivity contribution in [2.75, 3.05) is 39.2 Å². The summed E-state index contributed by atoms with van der Waals surface area (Å²) in [6, 6.07) is 0. The van der Waals surface area contributed by atoms with Gasteiger partial charge in [-0.25, -0.2) is 13.4 Å². The van der Waals surface area contributed by atoms with Gasteiger partial charge in [0.25, 0.3) is 0 Å². The summed E-state index contributed by atoms with van der Waals surface area (Å²) in [4.78, 5) is 6.66. The third kappa shape index (κ3) is 6.83. The van der Waals surface area contributed by atoms with Crippen LogP contribution in [-0.4, -0.2) is 68.1 Å². The molecule has 0 aromatic carbocycles. The van der Waals surface area contributed by atoms with E-state index >= 15 is 0 Å². The van der Waals surface area contributed by atoms with Crippen molar-refractivity contribution >= 4 is 9.84 Å². The lowest BCUT2D eigenvalue weighted by Crippen LogP contribution is -2.39. The molecular weight excluding hydrogens is 378 g/mol. The minimum Gasteiger partial charge on any atom is -0.383 e. The molecule has 0 saturated carbocycles. The van der Waals surface area contributed by atoms with Crippen LogP contribution in [0.2, 0.25) is 0 Å². The molecule has 1 saturated heterocycles. The van der Waals surface area contributed by atoms with Gasteiger partial charge in [-0.05, 0) is 31.2 Å². The van der Waals surface area contributed by atoms with Crippen molar-refractivity contribution in [3.05, 3.63) is 11.9 Å². The summed E-state index contributed by atoms with van der Waals surface area (Å²) in [7, 11) is -1.84. The lowest BCUT2D eigenvalue weighted by Gasteiger charge is -2.32. The van der Waals surface area contributed by atoms with Crippen LogP contribution < -0.4 is 0 Å². The first-order chi connectivity index (χ1) is 13.2. The predicted octanol–water partition coefficient (Wildman–Crippen LogP) is 2.74. The Balaban J connectivity index is 2.19. The number of rotatable bonds is 10. The van der Waals surface area contributed by atoms with Crippen molar-refractivity contribution < 1.29 is 17.9 Å². The summed E-state index contributed by atoms with van der Waals surface area (Å²) >= 11 is 0. The lowest BCUT2D eigenvalue weighted by molar-refractivity contribution is -0.00289. The minimum atomic E-state index is -3.47. The second kappa shape index (κ2) is 10.2. The molecule has 0 N–H and O–H groups in total. The van der Waals surface area contributed by atoms with Gasteiger partial charge in [-0.1, -0.05) is 27.7 Å². The molecule has 1 fully saturated rings. The highest BCUT2D eigenvalue weighted by Crippen LogP contribution is 2.23. The van der Waals surface area contributed by atoms with Gasteiger partial charge in [-0.2, -0.15) is 0 Å². The molecular formula is C20H37N3O4S. The van der Waals surface area contributed by atoms with Crippen molar-refractivity contribution in [2.24, 2.45) is 5.41 Å². The Kier molecular flexibility index (Phi) is 8.48. The highest BCUT2D eigenvalue weighted by Gasteiger charge is 2.29. The van der Waals surface area contributed by atoms with Crippen molar-refractivity contribution in [1.82, 2.24) is 14.5 Å². The Bertz CT molecular complexity index is 710. The van der Waals surface area contributed by atoms with Gasteiger partial charge in [0.05, 0.1) is 30.4 Å². The van der Waals surface area contributed by atoms with Crippen molar-refractivity contribution in [1.29, 1.82) is 0 Å². The maximum atomic E-state index is 12.9. The Morgan fingerprint density at radius 1 is 1.29 bits per heavy atom. The highest BCUT2D eigenvalue weighted by molar-refractivity contribution is 7.91. The zero-order chi connectivity index (χ0) is 20.8. The number of piperidine rings is 1.